The van der Waals surface area contributed by atoms with Crippen molar-refractivity contribution in [2.24, 2.45) is 23.2 Å². The largest absolute Gasteiger partial charge is 0.465 e. The first kappa shape index (κ1) is 14.2. The molecule has 1 N–H and O–H groups in total. The lowest BCUT2D eigenvalue weighted by atomic mass is 9.63. The summed E-state index contributed by atoms with van der Waals surface area (Å²) in [6.45, 7) is 5.40. The van der Waals surface area contributed by atoms with E-state index < -0.39 is 5.41 Å². The molecule has 1 saturated carbocycles. The summed E-state index contributed by atoms with van der Waals surface area (Å²) in [7, 11) is 0. The minimum absolute atomic E-state index is 0.0728. The van der Waals surface area contributed by atoms with Crippen molar-refractivity contribution in [1.29, 1.82) is 0 Å². The maximum atomic E-state index is 12.7. The lowest BCUT2D eigenvalue weighted by molar-refractivity contribution is -0.167. The first-order chi connectivity index (χ1) is 10.5. The Morgan fingerprint density at radius 3 is 2.95 bits per heavy atom. The van der Waals surface area contributed by atoms with E-state index in [2.05, 4.69) is 11.4 Å². The van der Waals surface area contributed by atoms with Crippen LogP contribution in [0.15, 0.2) is 11.6 Å². The molecule has 6 unspecified atom stereocenters. The molecule has 0 spiro atoms. The van der Waals surface area contributed by atoms with E-state index in [0.29, 0.717) is 13.0 Å². The van der Waals surface area contributed by atoms with Gasteiger partial charge in [0.2, 0.25) is 0 Å². The van der Waals surface area contributed by atoms with Gasteiger partial charge in [0.1, 0.15) is 6.10 Å². The van der Waals surface area contributed by atoms with Crippen LogP contribution in [0.4, 0.5) is 0 Å². The minimum Gasteiger partial charge on any atom is -0.465 e. The molecule has 120 valence electrons. The van der Waals surface area contributed by atoms with Gasteiger partial charge in [-0.2, -0.15) is 0 Å². The van der Waals surface area contributed by atoms with Gasteiger partial charge >= 0.3 is 11.9 Å². The van der Waals surface area contributed by atoms with Crippen molar-refractivity contribution < 1.29 is 19.1 Å². The highest BCUT2D eigenvalue weighted by Crippen LogP contribution is 2.50. The molecule has 5 rings (SSSR count). The summed E-state index contributed by atoms with van der Waals surface area (Å²) in [4.78, 5) is 24.5. The van der Waals surface area contributed by atoms with Crippen LogP contribution in [0.1, 0.15) is 33.1 Å². The molecule has 0 aromatic rings. The third-order valence-corrected chi connectivity index (χ3v) is 6.25. The van der Waals surface area contributed by atoms with Crippen LogP contribution < -0.4 is 5.32 Å². The molecule has 2 saturated heterocycles. The van der Waals surface area contributed by atoms with Gasteiger partial charge in [-0.05, 0) is 19.8 Å². The van der Waals surface area contributed by atoms with Crippen LogP contribution in [-0.4, -0.2) is 37.2 Å². The van der Waals surface area contributed by atoms with Gasteiger partial charge in [0, 0.05) is 30.8 Å². The molecule has 0 radical (unpaired) electrons. The number of esters is 2. The number of nitrogens with one attached hydrogen (secondary N) is 1. The molecule has 0 aromatic heterocycles. The van der Waals surface area contributed by atoms with Crippen molar-refractivity contribution in [1.82, 2.24) is 5.32 Å². The first-order valence-corrected chi connectivity index (χ1v) is 8.34. The molecule has 3 aliphatic carbocycles. The van der Waals surface area contributed by atoms with Crippen LogP contribution in [0, 0.1) is 23.2 Å². The summed E-state index contributed by atoms with van der Waals surface area (Å²) in [5.74, 6) is 0.171. The van der Waals surface area contributed by atoms with Gasteiger partial charge in [-0.15, -0.1) is 0 Å². The first-order valence-electron chi connectivity index (χ1n) is 8.34. The quantitative estimate of drug-likeness (QED) is 0.483. The van der Waals surface area contributed by atoms with E-state index in [1.165, 1.54) is 0 Å². The highest BCUT2D eigenvalue weighted by Gasteiger charge is 2.54. The average Bonchev–Trinajstić information content (AvgIpc) is 3.31. The summed E-state index contributed by atoms with van der Waals surface area (Å²) in [5, 5.41) is 3.24. The molecule has 6 atom stereocenters. The number of carbonyl (C=O) groups excluding carboxylic acids is 2. The number of cyclic esters (lactones) is 1. The molecule has 2 bridgehead atoms. The van der Waals surface area contributed by atoms with Crippen LogP contribution in [0.2, 0.25) is 0 Å². The van der Waals surface area contributed by atoms with E-state index in [1.807, 2.05) is 13.8 Å². The zero-order chi connectivity index (χ0) is 15.5. The van der Waals surface area contributed by atoms with Crippen molar-refractivity contribution in [3.8, 4) is 0 Å². The third kappa shape index (κ3) is 1.94. The third-order valence-electron chi connectivity index (χ3n) is 6.25. The summed E-state index contributed by atoms with van der Waals surface area (Å²) in [6, 6.07) is 0.245. The Kier molecular flexibility index (Phi) is 3.12. The molecule has 22 heavy (non-hydrogen) atoms. The fraction of sp³-hybridized carbons (Fsp3) is 0.765. The Morgan fingerprint density at radius 1 is 1.50 bits per heavy atom. The number of hydrogen-bond donors (Lipinski definition) is 1. The van der Waals surface area contributed by atoms with E-state index in [4.69, 9.17) is 9.47 Å². The summed E-state index contributed by atoms with van der Waals surface area (Å²) in [5.41, 5.74) is 0.683. The zero-order valence-corrected chi connectivity index (χ0v) is 13.1. The Balaban J connectivity index is 1.50. The molecule has 0 aromatic carbocycles. The lowest BCUT2D eigenvalue weighted by Gasteiger charge is -2.43. The van der Waals surface area contributed by atoms with Crippen LogP contribution in [-0.2, 0) is 19.1 Å². The van der Waals surface area contributed by atoms with Crippen molar-refractivity contribution in [3.05, 3.63) is 11.6 Å². The van der Waals surface area contributed by atoms with Gasteiger partial charge in [0.15, 0.2) is 0 Å². The second-order valence-electron chi connectivity index (χ2n) is 7.33. The fourth-order valence-corrected chi connectivity index (χ4v) is 4.39. The normalized spacial score (nSPS) is 41.3. The number of ether oxygens (including phenoxy) is 2. The Morgan fingerprint density at radius 2 is 2.27 bits per heavy atom. The standard InChI is InChI=1S/C17H23NO4/c1-3-17(2,13-7-18-13)16(20)22-12-6-9-4-5-10(12)11-8-21-15(19)14(9)11/h4,10-14,18H,3,5-8H2,1-2H3. The molecular formula is C17H23NO4. The second-order valence-corrected chi connectivity index (χ2v) is 7.33. The number of carbonyl (C=O) groups is 2. The van der Waals surface area contributed by atoms with Gasteiger partial charge in [-0.25, -0.2) is 0 Å². The van der Waals surface area contributed by atoms with Crippen molar-refractivity contribution in [2.45, 2.75) is 45.3 Å². The van der Waals surface area contributed by atoms with Crippen molar-refractivity contribution >= 4 is 11.9 Å². The number of allylic oxidation sites excluding steroid dienone is 1. The fourth-order valence-electron chi connectivity index (χ4n) is 4.39. The monoisotopic (exact) mass is 305 g/mol. The van der Waals surface area contributed by atoms with Crippen LogP contribution in [0.3, 0.4) is 0 Å². The molecule has 5 nitrogen and oxygen atoms in total. The van der Waals surface area contributed by atoms with E-state index in [1.54, 1.807) is 0 Å². The smallest absolute Gasteiger partial charge is 0.313 e. The van der Waals surface area contributed by atoms with E-state index in [0.717, 1.165) is 25.0 Å². The summed E-state index contributed by atoms with van der Waals surface area (Å²) in [6.07, 6.45) is 4.44. The van der Waals surface area contributed by atoms with Crippen LogP contribution in [0.5, 0.6) is 0 Å². The minimum atomic E-state index is -0.438. The number of hydrogen-bond acceptors (Lipinski definition) is 5. The van der Waals surface area contributed by atoms with Gasteiger partial charge in [0.25, 0.3) is 0 Å². The van der Waals surface area contributed by atoms with E-state index in [9.17, 15) is 9.59 Å². The highest BCUT2D eigenvalue weighted by molar-refractivity contribution is 5.80. The van der Waals surface area contributed by atoms with Gasteiger partial charge < -0.3 is 14.8 Å². The predicted octanol–water partition coefficient (Wildman–Crippen LogP) is 1.43. The highest BCUT2D eigenvalue weighted by atomic mass is 16.6. The van der Waals surface area contributed by atoms with E-state index in [-0.39, 0.29) is 41.8 Å². The lowest BCUT2D eigenvalue weighted by Crippen LogP contribution is -2.47. The predicted molar refractivity (Wildman–Crippen MR) is 78.8 cm³/mol. The van der Waals surface area contributed by atoms with Crippen molar-refractivity contribution in [2.75, 3.05) is 13.2 Å². The van der Waals surface area contributed by atoms with Gasteiger partial charge in [-0.3, -0.25) is 9.59 Å². The van der Waals surface area contributed by atoms with Gasteiger partial charge in [0.05, 0.1) is 17.9 Å². The number of rotatable bonds is 4. The molecule has 5 aliphatic rings. The summed E-state index contributed by atoms with van der Waals surface area (Å²) < 4.78 is 11.2. The zero-order valence-electron chi connectivity index (χ0n) is 13.1. The number of fused-ring (bicyclic) bond motifs is 2. The molecule has 2 heterocycles. The maximum Gasteiger partial charge on any atom is 0.313 e. The van der Waals surface area contributed by atoms with Gasteiger partial charge in [-0.1, -0.05) is 18.6 Å². The maximum absolute atomic E-state index is 12.7. The molecular weight excluding hydrogens is 282 g/mol. The van der Waals surface area contributed by atoms with Crippen molar-refractivity contribution in [3.63, 3.8) is 0 Å². The average molecular weight is 305 g/mol. The topological polar surface area (TPSA) is 74.5 Å². The molecule has 0 amide bonds. The summed E-state index contributed by atoms with van der Waals surface area (Å²) >= 11 is 0. The molecule has 2 aliphatic heterocycles. The molecule has 3 fully saturated rings. The van der Waals surface area contributed by atoms with E-state index >= 15 is 0 Å². The molecule has 5 heteroatoms. The second kappa shape index (κ2) is 4.82. The Hall–Kier alpha value is -1.36. The Bertz CT molecular complexity index is 553. The van der Waals surface area contributed by atoms with Crippen LogP contribution >= 0.6 is 0 Å². The Labute approximate surface area is 130 Å². The van der Waals surface area contributed by atoms with Crippen LogP contribution in [0.25, 0.3) is 0 Å². The SMILES string of the molecule is CCC(C)(C(=O)OC1CC2=CCC1C1COC(=O)C21)C1CN1.